The van der Waals surface area contributed by atoms with Gasteiger partial charge in [0.25, 0.3) is 0 Å². The van der Waals surface area contributed by atoms with Gasteiger partial charge in [-0.3, -0.25) is 4.68 Å². The third kappa shape index (κ3) is 3.11. The van der Waals surface area contributed by atoms with Crippen molar-refractivity contribution < 1.29 is 4.74 Å². The van der Waals surface area contributed by atoms with Crippen molar-refractivity contribution in [2.24, 2.45) is 7.05 Å². The van der Waals surface area contributed by atoms with Crippen LogP contribution in [-0.4, -0.2) is 16.9 Å². The van der Waals surface area contributed by atoms with Gasteiger partial charge in [0.15, 0.2) is 0 Å². The molecule has 4 heteroatoms. The van der Waals surface area contributed by atoms with Crippen molar-refractivity contribution >= 4 is 0 Å². The maximum absolute atomic E-state index is 5.13. The van der Waals surface area contributed by atoms with Gasteiger partial charge in [0, 0.05) is 20.1 Å². The summed E-state index contributed by atoms with van der Waals surface area (Å²) in [4.78, 5) is 0. The van der Waals surface area contributed by atoms with Crippen LogP contribution in [0.15, 0.2) is 30.3 Å². The van der Waals surface area contributed by atoms with Crippen LogP contribution in [0.3, 0.4) is 0 Å². The molecule has 0 saturated heterocycles. The zero-order valence-electron chi connectivity index (χ0n) is 11.1. The molecule has 2 aromatic rings. The van der Waals surface area contributed by atoms with Crippen molar-refractivity contribution in [2.75, 3.05) is 7.11 Å². The molecule has 0 aliphatic heterocycles. The highest BCUT2D eigenvalue weighted by Crippen LogP contribution is 2.11. The third-order valence-corrected chi connectivity index (χ3v) is 2.89. The molecule has 1 heterocycles. The molecule has 96 valence electrons. The van der Waals surface area contributed by atoms with Crippen LogP contribution < -0.4 is 10.1 Å². The van der Waals surface area contributed by atoms with Crippen LogP contribution in [0, 0.1) is 6.92 Å². The monoisotopic (exact) mass is 245 g/mol. The molecule has 0 aliphatic rings. The summed E-state index contributed by atoms with van der Waals surface area (Å²) in [7, 11) is 3.65. The molecule has 1 aromatic heterocycles. The molecule has 0 radical (unpaired) electrons. The number of benzene rings is 1. The Hall–Kier alpha value is -1.81. The number of methoxy groups -OCH3 is 1. The van der Waals surface area contributed by atoms with Gasteiger partial charge in [-0.05, 0) is 30.7 Å². The first-order chi connectivity index (χ1) is 8.69. The van der Waals surface area contributed by atoms with Gasteiger partial charge in [-0.1, -0.05) is 12.1 Å². The number of nitrogens with one attached hydrogen (secondary N) is 1. The highest BCUT2D eigenvalue weighted by atomic mass is 16.5. The van der Waals surface area contributed by atoms with Crippen LogP contribution in [0.5, 0.6) is 5.75 Å². The molecule has 2 rings (SSSR count). The van der Waals surface area contributed by atoms with E-state index < -0.39 is 0 Å². The van der Waals surface area contributed by atoms with E-state index in [1.165, 1.54) is 11.3 Å². The summed E-state index contributed by atoms with van der Waals surface area (Å²) in [5.41, 5.74) is 3.49. The minimum Gasteiger partial charge on any atom is -0.497 e. The molecule has 18 heavy (non-hydrogen) atoms. The van der Waals surface area contributed by atoms with Crippen LogP contribution >= 0.6 is 0 Å². The number of aromatic nitrogens is 2. The zero-order chi connectivity index (χ0) is 13.0. The van der Waals surface area contributed by atoms with Gasteiger partial charge in [-0.2, -0.15) is 5.10 Å². The number of hydrogen-bond donors (Lipinski definition) is 1. The summed E-state index contributed by atoms with van der Waals surface area (Å²) in [6.45, 7) is 3.67. The van der Waals surface area contributed by atoms with E-state index in [1.807, 2.05) is 30.8 Å². The first-order valence-electron chi connectivity index (χ1n) is 6.02. The van der Waals surface area contributed by atoms with Crippen LogP contribution in [0.25, 0.3) is 0 Å². The van der Waals surface area contributed by atoms with Gasteiger partial charge in [-0.25, -0.2) is 0 Å². The minimum atomic E-state index is 0.823. The molecular formula is C14H19N3O. The van der Waals surface area contributed by atoms with Gasteiger partial charge in [-0.15, -0.1) is 0 Å². The predicted octanol–water partition coefficient (Wildman–Crippen LogP) is 2.03. The topological polar surface area (TPSA) is 39.1 Å². The second kappa shape index (κ2) is 5.69. The number of hydrogen-bond acceptors (Lipinski definition) is 3. The quantitative estimate of drug-likeness (QED) is 0.876. The van der Waals surface area contributed by atoms with E-state index in [9.17, 15) is 0 Å². The smallest absolute Gasteiger partial charge is 0.118 e. The summed E-state index contributed by atoms with van der Waals surface area (Å²) in [5.74, 6) is 0.890. The lowest BCUT2D eigenvalue weighted by atomic mass is 10.2. The Labute approximate surface area is 108 Å². The molecule has 0 bridgehead atoms. The van der Waals surface area contributed by atoms with Gasteiger partial charge in [0.05, 0.1) is 18.5 Å². The fourth-order valence-electron chi connectivity index (χ4n) is 1.91. The highest BCUT2D eigenvalue weighted by Gasteiger charge is 2.01. The Balaban J connectivity index is 1.86. The van der Waals surface area contributed by atoms with Crippen molar-refractivity contribution in [3.05, 3.63) is 47.3 Å². The van der Waals surface area contributed by atoms with E-state index in [2.05, 4.69) is 28.6 Å². The summed E-state index contributed by atoms with van der Waals surface area (Å²) in [5, 5.41) is 7.73. The minimum absolute atomic E-state index is 0.823. The van der Waals surface area contributed by atoms with Crippen LogP contribution in [0.1, 0.15) is 17.0 Å². The molecule has 0 unspecified atom stereocenters. The lowest BCUT2D eigenvalue weighted by Gasteiger charge is -2.06. The summed E-state index contributed by atoms with van der Waals surface area (Å²) < 4.78 is 7.04. The maximum Gasteiger partial charge on any atom is 0.118 e. The van der Waals surface area contributed by atoms with E-state index in [4.69, 9.17) is 4.74 Å². The number of ether oxygens (including phenoxy) is 1. The molecule has 0 amide bonds. The lowest BCUT2D eigenvalue weighted by Crippen LogP contribution is -2.15. The van der Waals surface area contributed by atoms with Crippen molar-refractivity contribution in [2.45, 2.75) is 20.0 Å². The standard InChI is InChI=1S/C14H19N3O/c1-11-8-13(17(2)16-11)10-15-9-12-4-6-14(18-3)7-5-12/h4-8,15H,9-10H2,1-3H3. The Bertz CT molecular complexity index is 502. The van der Waals surface area contributed by atoms with Gasteiger partial charge in [0.1, 0.15) is 5.75 Å². The fourth-order valence-corrected chi connectivity index (χ4v) is 1.91. The van der Waals surface area contributed by atoms with Crippen molar-refractivity contribution in [3.8, 4) is 5.75 Å². The van der Waals surface area contributed by atoms with Gasteiger partial charge >= 0.3 is 0 Å². The van der Waals surface area contributed by atoms with Crippen LogP contribution in [0.2, 0.25) is 0 Å². The van der Waals surface area contributed by atoms with E-state index in [-0.39, 0.29) is 0 Å². The Morgan fingerprint density at radius 1 is 1.22 bits per heavy atom. The van der Waals surface area contributed by atoms with Gasteiger partial charge < -0.3 is 10.1 Å². The molecule has 1 aromatic carbocycles. The molecule has 1 N–H and O–H groups in total. The first-order valence-corrected chi connectivity index (χ1v) is 6.02. The molecule has 0 aliphatic carbocycles. The fraction of sp³-hybridized carbons (Fsp3) is 0.357. The molecule has 0 fully saturated rings. The number of aryl methyl sites for hydroxylation is 2. The largest absolute Gasteiger partial charge is 0.497 e. The Morgan fingerprint density at radius 2 is 1.94 bits per heavy atom. The second-order valence-electron chi connectivity index (χ2n) is 4.35. The van der Waals surface area contributed by atoms with E-state index in [1.54, 1.807) is 7.11 Å². The zero-order valence-corrected chi connectivity index (χ0v) is 11.1. The average Bonchev–Trinajstić information content (AvgIpc) is 2.69. The highest BCUT2D eigenvalue weighted by molar-refractivity contribution is 5.27. The SMILES string of the molecule is COc1ccc(CNCc2cc(C)nn2C)cc1. The molecule has 4 nitrogen and oxygen atoms in total. The molecule has 0 saturated carbocycles. The summed E-state index contributed by atoms with van der Waals surface area (Å²) >= 11 is 0. The van der Waals surface area contributed by atoms with Gasteiger partial charge in [0.2, 0.25) is 0 Å². The summed E-state index contributed by atoms with van der Waals surface area (Å²) in [6, 6.07) is 10.2. The van der Waals surface area contributed by atoms with E-state index in [0.717, 1.165) is 24.5 Å². The predicted molar refractivity (Wildman–Crippen MR) is 71.5 cm³/mol. The number of rotatable bonds is 5. The Kier molecular flexibility index (Phi) is 3.99. The first kappa shape index (κ1) is 12.6. The lowest BCUT2D eigenvalue weighted by molar-refractivity contribution is 0.414. The molecular weight excluding hydrogens is 226 g/mol. The maximum atomic E-state index is 5.13. The van der Waals surface area contributed by atoms with E-state index in [0.29, 0.717) is 0 Å². The Morgan fingerprint density at radius 3 is 2.50 bits per heavy atom. The number of nitrogens with zero attached hydrogens (tertiary/aromatic N) is 2. The van der Waals surface area contributed by atoms with Crippen molar-refractivity contribution in [3.63, 3.8) is 0 Å². The van der Waals surface area contributed by atoms with Crippen molar-refractivity contribution in [1.29, 1.82) is 0 Å². The second-order valence-corrected chi connectivity index (χ2v) is 4.35. The van der Waals surface area contributed by atoms with Crippen molar-refractivity contribution in [1.82, 2.24) is 15.1 Å². The van der Waals surface area contributed by atoms with Crippen LogP contribution in [-0.2, 0) is 20.1 Å². The van der Waals surface area contributed by atoms with Crippen LogP contribution in [0.4, 0.5) is 0 Å². The van der Waals surface area contributed by atoms with E-state index >= 15 is 0 Å². The third-order valence-electron chi connectivity index (χ3n) is 2.89. The average molecular weight is 245 g/mol. The summed E-state index contributed by atoms with van der Waals surface area (Å²) in [6.07, 6.45) is 0. The normalized spacial score (nSPS) is 10.6. The molecule has 0 atom stereocenters. The molecule has 0 spiro atoms.